The van der Waals surface area contributed by atoms with Crippen LogP contribution in [0, 0.1) is 0 Å². The van der Waals surface area contributed by atoms with Gasteiger partial charge >= 0.3 is 0 Å². The monoisotopic (exact) mass is 359 g/mol. The second-order valence-electron chi connectivity index (χ2n) is 7.11. The van der Waals surface area contributed by atoms with Gasteiger partial charge in [-0.3, -0.25) is 4.79 Å². The van der Waals surface area contributed by atoms with E-state index >= 15 is 0 Å². The van der Waals surface area contributed by atoms with Gasteiger partial charge in [-0.1, -0.05) is 0 Å². The Balaban J connectivity index is 1.77. The molecule has 2 aromatic heterocycles. The van der Waals surface area contributed by atoms with Crippen molar-refractivity contribution in [3.05, 3.63) is 36.0 Å². The summed E-state index contributed by atoms with van der Waals surface area (Å²) in [6, 6.07) is 3.43. The van der Waals surface area contributed by atoms with E-state index in [1.54, 1.807) is 34.1 Å². The summed E-state index contributed by atoms with van der Waals surface area (Å²) < 4.78 is 7.45. The third kappa shape index (κ3) is 4.01. The lowest BCUT2D eigenvalue weighted by Gasteiger charge is -2.39. The number of aromatic nitrogens is 4. The van der Waals surface area contributed by atoms with Crippen molar-refractivity contribution >= 4 is 5.91 Å². The van der Waals surface area contributed by atoms with Crippen LogP contribution in [-0.4, -0.2) is 60.5 Å². The molecule has 1 aliphatic heterocycles. The van der Waals surface area contributed by atoms with Crippen LogP contribution >= 0.6 is 0 Å². The van der Waals surface area contributed by atoms with Crippen LogP contribution < -0.4 is 4.74 Å². The number of carbonyl (C=O) groups excluding carboxylic acids is 1. The van der Waals surface area contributed by atoms with E-state index in [4.69, 9.17) is 4.74 Å². The van der Waals surface area contributed by atoms with Crippen LogP contribution in [0.25, 0.3) is 0 Å². The summed E-state index contributed by atoms with van der Waals surface area (Å²) in [5, 5.41) is 18.9. The minimum Gasteiger partial charge on any atom is -0.474 e. The lowest BCUT2D eigenvalue weighted by molar-refractivity contribution is -0.0259. The molecular formula is C18H25N5O3. The number of aryl methyl sites for hydroxylation is 1. The molecule has 1 saturated heterocycles. The molecule has 0 saturated carbocycles. The van der Waals surface area contributed by atoms with E-state index in [0.717, 1.165) is 6.42 Å². The molecule has 26 heavy (non-hydrogen) atoms. The highest BCUT2D eigenvalue weighted by atomic mass is 16.5. The molecular weight excluding hydrogens is 334 g/mol. The van der Waals surface area contributed by atoms with Crippen LogP contribution in [0.1, 0.15) is 42.9 Å². The van der Waals surface area contributed by atoms with Crippen molar-refractivity contribution in [1.29, 1.82) is 0 Å². The van der Waals surface area contributed by atoms with Crippen molar-refractivity contribution in [3.8, 4) is 5.88 Å². The fourth-order valence-corrected chi connectivity index (χ4v) is 3.23. The number of likely N-dealkylation sites (tertiary alicyclic amines) is 1. The number of piperidine rings is 1. The average molecular weight is 359 g/mol. The maximum absolute atomic E-state index is 13.0. The van der Waals surface area contributed by atoms with Gasteiger partial charge in [-0.25, -0.2) is 4.98 Å². The molecule has 1 N–H and O–H groups in total. The zero-order valence-electron chi connectivity index (χ0n) is 15.4. The predicted molar refractivity (Wildman–Crippen MR) is 94.8 cm³/mol. The second kappa shape index (κ2) is 7.41. The van der Waals surface area contributed by atoms with Gasteiger partial charge in [0.15, 0.2) is 0 Å². The Labute approximate surface area is 152 Å². The van der Waals surface area contributed by atoms with Crippen molar-refractivity contribution in [1.82, 2.24) is 24.6 Å². The number of carbonyl (C=O) groups is 1. The van der Waals surface area contributed by atoms with E-state index < -0.39 is 5.60 Å². The molecule has 1 atom stereocenters. The summed E-state index contributed by atoms with van der Waals surface area (Å²) in [5.74, 6) is 0.853. The fraction of sp³-hybridized carbons (Fsp3) is 0.556. The maximum atomic E-state index is 13.0. The Morgan fingerprint density at radius 2 is 2.27 bits per heavy atom. The molecule has 1 amide bonds. The third-order valence-electron chi connectivity index (χ3n) is 4.48. The summed E-state index contributed by atoms with van der Waals surface area (Å²) >= 11 is 0. The van der Waals surface area contributed by atoms with Gasteiger partial charge in [-0.05, 0) is 38.8 Å². The molecule has 0 radical (unpaired) electrons. The van der Waals surface area contributed by atoms with E-state index in [1.807, 2.05) is 20.9 Å². The second-order valence-corrected chi connectivity index (χ2v) is 7.11. The average Bonchev–Trinajstić information content (AvgIpc) is 2.98. The van der Waals surface area contributed by atoms with Crippen LogP contribution in [-0.2, 0) is 13.5 Å². The molecule has 3 rings (SSSR count). The van der Waals surface area contributed by atoms with Crippen molar-refractivity contribution < 1.29 is 14.6 Å². The van der Waals surface area contributed by atoms with E-state index in [1.165, 1.54) is 0 Å². The van der Waals surface area contributed by atoms with Crippen molar-refractivity contribution in [2.75, 3.05) is 13.1 Å². The summed E-state index contributed by atoms with van der Waals surface area (Å²) in [6.07, 6.45) is 4.83. The zero-order chi connectivity index (χ0) is 18.7. The number of amides is 1. The molecule has 0 spiro atoms. The van der Waals surface area contributed by atoms with Gasteiger partial charge in [0.2, 0.25) is 5.88 Å². The summed E-state index contributed by atoms with van der Waals surface area (Å²) in [4.78, 5) is 18.9. The van der Waals surface area contributed by atoms with E-state index in [9.17, 15) is 9.90 Å². The van der Waals surface area contributed by atoms with Gasteiger partial charge in [-0.2, -0.15) is 0 Å². The number of hydrogen-bond donors (Lipinski definition) is 1. The standard InChI is InChI=1S/C18H25N5O3/c1-13(2)26-16-14(6-4-8-19-16)17(24)23-9-5-7-18(25,11-23)10-15-21-20-12-22(15)3/h4,6,8,12-13,25H,5,7,9-11H2,1-3H3. The number of aliphatic hydroxyl groups is 1. The molecule has 8 heteroatoms. The summed E-state index contributed by atoms with van der Waals surface area (Å²) in [7, 11) is 1.84. The van der Waals surface area contributed by atoms with Gasteiger partial charge in [-0.15, -0.1) is 10.2 Å². The summed E-state index contributed by atoms with van der Waals surface area (Å²) in [6.45, 7) is 4.62. The molecule has 0 aromatic carbocycles. The number of rotatable bonds is 5. The third-order valence-corrected chi connectivity index (χ3v) is 4.48. The quantitative estimate of drug-likeness (QED) is 0.862. The topological polar surface area (TPSA) is 93.4 Å². The van der Waals surface area contributed by atoms with Crippen molar-refractivity contribution in [2.45, 2.75) is 44.8 Å². The Morgan fingerprint density at radius 1 is 1.46 bits per heavy atom. The summed E-state index contributed by atoms with van der Waals surface area (Å²) in [5.41, 5.74) is -0.597. The smallest absolute Gasteiger partial charge is 0.259 e. The lowest BCUT2D eigenvalue weighted by Crippen LogP contribution is -2.51. The van der Waals surface area contributed by atoms with Gasteiger partial charge in [0.1, 0.15) is 17.7 Å². The molecule has 1 unspecified atom stereocenters. The van der Waals surface area contributed by atoms with Crippen LogP contribution in [0.5, 0.6) is 5.88 Å². The minimum atomic E-state index is -1.02. The minimum absolute atomic E-state index is 0.0781. The SMILES string of the molecule is CC(C)Oc1ncccc1C(=O)N1CCCC(O)(Cc2nncn2C)C1. The van der Waals surface area contributed by atoms with E-state index in [-0.39, 0.29) is 18.6 Å². The van der Waals surface area contributed by atoms with Gasteiger partial charge in [0, 0.05) is 26.2 Å². The number of pyridine rings is 1. The highest BCUT2D eigenvalue weighted by Crippen LogP contribution is 2.27. The fourth-order valence-electron chi connectivity index (χ4n) is 3.23. The highest BCUT2D eigenvalue weighted by Gasteiger charge is 2.37. The van der Waals surface area contributed by atoms with Crippen LogP contribution in [0.3, 0.4) is 0 Å². The van der Waals surface area contributed by atoms with Crippen molar-refractivity contribution in [2.24, 2.45) is 7.05 Å². The highest BCUT2D eigenvalue weighted by molar-refractivity contribution is 5.96. The number of hydrogen-bond acceptors (Lipinski definition) is 6. The number of nitrogens with zero attached hydrogens (tertiary/aromatic N) is 5. The largest absolute Gasteiger partial charge is 0.474 e. The van der Waals surface area contributed by atoms with Crippen LogP contribution in [0.2, 0.25) is 0 Å². The van der Waals surface area contributed by atoms with Gasteiger partial charge in [0.25, 0.3) is 5.91 Å². The normalized spacial score (nSPS) is 20.4. The first kappa shape index (κ1) is 18.3. The number of ether oxygens (including phenoxy) is 1. The molecule has 0 bridgehead atoms. The molecule has 1 aliphatic rings. The number of β-amino-alcohol motifs (C(OH)–C–C–N with tert-alkyl or cyclic N) is 1. The molecule has 8 nitrogen and oxygen atoms in total. The first-order chi connectivity index (χ1) is 12.4. The van der Waals surface area contributed by atoms with Crippen LogP contribution in [0.15, 0.2) is 24.7 Å². The Bertz CT molecular complexity index is 776. The molecule has 3 heterocycles. The Hall–Kier alpha value is -2.48. The first-order valence-electron chi connectivity index (χ1n) is 8.84. The molecule has 0 aliphatic carbocycles. The molecule has 1 fully saturated rings. The molecule has 2 aromatic rings. The van der Waals surface area contributed by atoms with E-state index in [0.29, 0.717) is 36.7 Å². The zero-order valence-corrected chi connectivity index (χ0v) is 15.4. The maximum Gasteiger partial charge on any atom is 0.259 e. The lowest BCUT2D eigenvalue weighted by atomic mass is 9.89. The predicted octanol–water partition coefficient (Wildman–Crippen LogP) is 1.21. The van der Waals surface area contributed by atoms with E-state index in [2.05, 4.69) is 15.2 Å². The van der Waals surface area contributed by atoms with Gasteiger partial charge in [0.05, 0.1) is 18.2 Å². The first-order valence-corrected chi connectivity index (χ1v) is 8.84. The Morgan fingerprint density at radius 3 is 2.96 bits per heavy atom. The van der Waals surface area contributed by atoms with Crippen molar-refractivity contribution in [3.63, 3.8) is 0 Å². The van der Waals surface area contributed by atoms with Gasteiger partial charge < -0.3 is 19.3 Å². The van der Waals surface area contributed by atoms with Crippen LogP contribution in [0.4, 0.5) is 0 Å². The Kier molecular flexibility index (Phi) is 5.22. The molecule has 140 valence electrons.